The summed E-state index contributed by atoms with van der Waals surface area (Å²) in [4.78, 5) is 12.6. The van der Waals surface area contributed by atoms with Crippen LogP contribution in [0.15, 0.2) is 70.5 Å². The summed E-state index contributed by atoms with van der Waals surface area (Å²) in [6.45, 7) is 0.906. The first-order valence-electron chi connectivity index (χ1n) is 10.7. The second-order valence-electron chi connectivity index (χ2n) is 7.87. The van der Waals surface area contributed by atoms with Crippen LogP contribution in [0.1, 0.15) is 10.4 Å². The van der Waals surface area contributed by atoms with Gasteiger partial charge in [-0.3, -0.25) is 9.52 Å². The minimum Gasteiger partial charge on any atom is -0.379 e. The molecule has 0 aliphatic carbocycles. The van der Waals surface area contributed by atoms with Crippen LogP contribution in [0.5, 0.6) is 0 Å². The zero-order chi connectivity index (χ0) is 26.8. The Labute approximate surface area is 229 Å². The lowest BCUT2D eigenvalue weighted by atomic mass is 10.2. The third-order valence-electron chi connectivity index (χ3n) is 5.38. The molecule has 196 valence electrons. The average Bonchev–Trinajstić information content (AvgIpc) is 2.86. The molecule has 1 heterocycles. The molecular formula is C23H20Cl3N3O6S2. The quantitative estimate of drug-likeness (QED) is 0.403. The van der Waals surface area contributed by atoms with Crippen LogP contribution in [0, 0.1) is 0 Å². The standard InChI is InChI=1S/C23H20Cl3N3O6S2/c24-16-2-8-21(20(26)14-16)28-36(31,32)18-5-3-17(4-6-18)27-23(30)15-1-7-19(25)22(13-15)37(33,34)29-9-11-35-12-10-29/h1-8,13-14,28H,9-12H2,(H,27,30). The number of anilines is 2. The molecule has 37 heavy (non-hydrogen) atoms. The van der Waals surface area contributed by atoms with Crippen LogP contribution in [-0.4, -0.2) is 53.4 Å². The number of hydrogen-bond donors (Lipinski definition) is 2. The Morgan fingerprint density at radius 3 is 2.16 bits per heavy atom. The van der Waals surface area contributed by atoms with Gasteiger partial charge in [-0.05, 0) is 60.7 Å². The van der Waals surface area contributed by atoms with Crippen LogP contribution in [-0.2, 0) is 24.8 Å². The van der Waals surface area contributed by atoms with Crippen molar-refractivity contribution in [3.8, 4) is 0 Å². The van der Waals surface area contributed by atoms with Crippen molar-refractivity contribution in [2.75, 3.05) is 36.3 Å². The maximum Gasteiger partial charge on any atom is 0.261 e. The normalized spacial score (nSPS) is 14.8. The predicted molar refractivity (Wildman–Crippen MR) is 143 cm³/mol. The van der Waals surface area contributed by atoms with Crippen LogP contribution < -0.4 is 10.0 Å². The smallest absolute Gasteiger partial charge is 0.261 e. The monoisotopic (exact) mass is 603 g/mol. The number of carbonyl (C=O) groups excluding carboxylic acids is 1. The lowest BCUT2D eigenvalue weighted by Crippen LogP contribution is -2.40. The number of carbonyl (C=O) groups is 1. The van der Waals surface area contributed by atoms with E-state index in [1.807, 2.05) is 0 Å². The van der Waals surface area contributed by atoms with Crippen molar-refractivity contribution >= 4 is 72.1 Å². The van der Waals surface area contributed by atoms with E-state index in [0.717, 1.165) is 0 Å². The van der Waals surface area contributed by atoms with Gasteiger partial charge in [0.1, 0.15) is 4.90 Å². The molecule has 0 atom stereocenters. The first-order valence-corrected chi connectivity index (χ1v) is 14.8. The van der Waals surface area contributed by atoms with Crippen molar-refractivity contribution < 1.29 is 26.4 Å². The highest BCUT2D eigenvalue weighted by Gasteiger charge is 2.29. The van der Waals surface area contributed by atoms with Gasteiger partial charge in [0.05, 0.1) is 33.8 Å². The molecule has 4 rings (SSSR count). The summed E-state index contributed by atoms with van der Waals surface area (Å²) >= 11 is 18.0. The van der Waals surface area contributed by atoms with Gasteiger partial charge in [-0.2, -0.15) is 4.31 Å². The number of ether oxygens (including phenoxy) is 1. The van der Waals surface area contributed by atoms with Gasteiger partial charge in [-0.1, -0.05) is 34.8 Å². The molecule has 0 spiro atoms. The Morgan fingerprint density at radius 1 is 0.838 bits per heavy atom. The van der Waals surface area contributed by atoms with Gasteiger partial charge in [0.2, 0.25) is 10.0 Å². The summed E-state index contributed by atoms with van der Waals surface area (Å²) in [6.07, 6.45) is 0. The third-order valence-corrected chi connectivity index (χ3v) is 9.69. The largest absolute Gasteiger partial charge is 0.379 e. The van der Waals surface area contributed by atoms with E-state index >= 15 is 0 Å². The topological polar surface area (TPSA) is 122 Å². The number of hydrogen-bond acceptors (Lipinski definition) is 6. The number of halogens is 3. The highest BCUT2D eigenvalue weighted by Crippen LogP contribution is 2.29. The van der Waals surface area contributed by atoms with Crippen LogP contribution >= 0.6 is 34.8 Å². The maximum atomic E-state index is 13.0. The highest BCUT2D eigenvalue weighted by atomic mass is 35.5. The molecule has 1 aliphatic rings. The van der Waals surface area contributed by atoms with Gasteiger partial charge in [-0.25, -0.2) is 16.8 Å². The van der Waals surface area contributed by atoms with E-state index in [2.05, 4.69) is 10.0 Å². The van der Waals surface area contributed by atoms with Crippen LogP contribution in [0.2, 0.25) is 15.1 Å². The van der Waals surface area contributed by atoms with Crippen molar-refractivity contribution in [1.82, 2.24) is 4.31 Å². The summed E-state index contributed by atoms with van der Waals surface area (Å²) in [7, 11) is -7.89. The Hall–Kier alpha value is -2.38. The molecule has 0 radical (unpaired) electrons. The van der Waals surface area contributed by atoms with E-state index < -0.39 is 26.0 Å². The summed E-state index contributed by atoms with van der Waals surface area (Å²) in [5.74, 6) is -0.600. The number of rotatable bonds is 7. The van der Waals surface area contributed by atoms with Gasteiger partial charge in [-0.15, -0.1) is 0 Å². The Kier molecular flexibility index (Phi) is 8.34. The molecule has 1 fully saturated rings. The highest BCUT2D eigenvalue weighted by molar-refractivity contribution is 7.92. The first-order chi connectivity index (χ1) is 17.5. The van der Waals surface area contributed by atoms with Crippen molar-refractivity contribution in [2.45, 2.75) is 9.79 Å². The second kappa shape index (κ2) is 11.2. The molecule has 14 heteroatoms. The minimum atomic E-state index is -3.97. The number of morpholine rings is 1. The lowest BCUT2D eigenvalue weighted by molar-refractivity contribution is 0.0730. The molecule has 9 nitrogen and oxygen atoms in total. The Morgan fingerprint density at radius 2 is 1.51 bits per heavy atom. The van der Waals surface area contributed by atoms with Gasteiger partial charge in [0.25, 0.3) is 15.9 Å². The van der Waals surface area contributed by atoms with Crippen molar-refractivity contribution in [3.05, 3.63) is 81.3 Å². The number of sulfonamides is 2. The lowest BCUT2D eigenvalue weighted by Gasteiger charge is -2.26. The summed E-state index contributed by atoms with van der Waals surface area (Å²) in [6, 6.07) is 13.7. The molecule has 0 bridgehead atoms. The number of benzene rings is 3. The molecular weight excluding hydrogens is 585 g/mol. The van der Waals surface area contributed by atoms with Gasteiger partial charge >= 0.3 is 0 Å². The van der Waals surface area contributed by atoms with E-state index in [1.54, 1.807) is 0 Å². The predicted octanol–water partition coefficient (Wildman–Crippen LogP) is 4.72. The fourth-order valence-electron chi connectivity index (χ4n) is 3.46. The van der Waals surface area contributed by atoms with E-state index in [4.69, 9.17) is 39.5 Å². The van der Waals surface area contributed by atoms with E-state index in [0.29, 0.717) is 10.7 Å². The maximum absolute atomic E-state index is 13.0. The third kappa shape index (κ3) is 6.37. The van der Waals surface area contributed by atoms with Crippen molar-refractivity contribution in [3.63, 3.8) is 0 Å². The van der Waals surface area contributed by atoms with Crippen LogP contribution in [0.25, 0.3) is 0 Å². The van der Waals surface area contributed by atoms with Gasteiger partial charge in [0.15, 0.2) is 0 Å². The number of nitrogens with zero attached hydrogens (tertiary/aromatic N) is 1. The molecule has 0 unspecified atom stereocenters. The minimum absolute atomic E-state index is 0.00843. The van der Waals surface area contributed by atoms with Crippen LogP contribution in [0.3, 0.4) is 0 Å². The van der Waals surface area contributed by atoms with Crippen molar-refractivity contribution in [2.24, 2.45) is 0 Å². The summed E-state index contributed by atoms with van der Waals surface area (Å²) < 4.78 is 60.3. The Balaban J connectivity index is 1.50. The summed E-state index contributed by atoms with van der Waals surface area (Å²) in [5.41, 5.74) is 0.516. The average molecular weight is 605 g/mol. The fourth-order valence-corrected chi connectivity index (χ4v) is 6.96. The Bertz CT molecular complexity index is 1540. The molecule has 1 aliphatic heterocycles. The molecule has 0 aromatic heterocycles. The fraction of sp³-hybridized carbons (Fsp3) is 0.174. The molecule has 3 aromatic carbocycles. The second-order valence-corrected chi connectivity index (χ2v) is 12.7. The number of amides is 1. The zero-order valence-electron chi connectivity index (χ0n) is 18.9. The molecule has 0 saturated carbocycles. The molecule has 1 amide bonds. The molecule has 2 N–H and O–H groups in total. The van der Waals surface area contributed by atoms with Gasteiger partial charge in [0, 0.05) is 29.4 Å². The van der Waals surface area contributed by atoms with E-state index in [9.17, 15) is 21.6 Å². The van der Waals surface area contributed by atoms with E-state index in [1.165, 1.54) is 65.0 Å². The summed E-state index contributed by atoms with van der Waals surface area (Å²) in [5, 5.41) is 3.11. The van der Waals surface area contributed by atoms with Crippen LogP contribution in [0.4, 0.5) is 11.4 Å². The van der Waals surface area contributed by atoms with Gasteiger partial charge < -0.3 is 10.1 Å². The molecule has 3 aromatic rings. The first kappa shape index (κ1) is 27.6. The SMILES string of the molecule is O=C(Nc1ccc(S(=O)(=O)Nc2ccc(Cl)cc2Cl)cc1)c1ccc(Cl)c(S(=O)(=O)N2CCOCC2)c1. The zero-order valence-corrected chi connectivity index (χ0v) is 22.8. The molecule has 1 saturated heterocycles. The number of nitrogens with one attached hydrogen (secondary N) is 2. The van der Waals surface area contributed by atoms with E-state index in [-0.39, 0.29) is 57.4 Å². The van der Waals surface area contributed by atoms with Crippen molar-refractivity contribution in [1.29, 1.82) is 0 Å².